The number of hydrogen-bond acceptors (Lipinski definition) is 5. The highest BCUT2D eigenvalue weighted by atomic mass is 32.1. The number of amides is 2. The van der Waals surface area contributed by atoms with Crippen LogP contribution in [0, 0.1) is 17.0 Å². The second-order valence-electron chi connectivity index (χ2n) is 7.09. The predicted molar refractivity (Wildman–Crippen MR) is 115 cm³/mol. The van der Waals surface area contributed by atoms with Crippen LogP contribution >= 0.6 is 11.3 Å². The van der Waals surface area contributed by atoms with Gasteiger partial charge in [-0.3, -0.25) is 19.7 Å². The molecule has 0 saturated carbocycles. The molecule has 0 spiro atoms. The Morgan fingerprint density at radius 3 is 2.77 bits per heavy atom. The van der Waals surface area contributed by atoms with E-state index in [0.717, 1.165) is 6.42 Å². The van der Waals surface area contributed by atoms with Crippen LogP contribution in [-0.2, 0) is 13.0 Å². The number of nitrogens with zero attached hydrogens (tertiary/aromatic N) is 2. The minimum absolute atomic E-state index is 0.0733. The van der Waals surface area contributed by atoms with E-state index in [-0.39, 0.29) is 17.2 Å². The molecule has 0 aliphatic carbocycles. The summed E-state index contributed by atoms with van der Waals surface area (Å²) in [5.41, 5.74) is 2.92. The largest absolute Gasteiger partial charge is 0.334 e. The third-order valence-electron chi connectivity index (χ3n) is 5.23. The summed E-state index contributed by atoms with van der Waals surface area (Å²) < 4.78 is 0. The summed E-state index contributed by atoms with van der Waals surface area (Å²) in [6, 6.07) is 12.8. The number of nitro groups is 1. The first-order valence-corrected chi connectivity index (χ1v) is 10.3. The van der Waals surface area contributed by atoms with Crippen molar-refractivity contribution < 1.29 is 14.5 Å². The Balaban J connectivity index is 1.54. The van der Waals surface area contributed by atoms with Gasteiger partial charge in [0, 0.05) is 46.9 Å². The van der Waals surface area contributed by atoms with E-state index in [2.05, 4.69) is 11.4 Å². The lowest BCUT2D eigenvalue weighted by Gasteiger charge is -2.28. The highest BCUT2D eigenvalue weighted by Crippen LogP contribution is 2.27. The van der Waals surface area contributed by atoms with Crippen LogP contribution in [0.15, 0.2) is 53.9 Å². The van der Waals surface area contributed by atoms with E-state index in [1.54, 1.807) is 36.5 Å². The molecule has 2 aromatic carbocycles. The molecule has 0 bridgehead atoms. The molecule has 1 aliphatic rings. The number of carbonyl (C=O) groups excluding carboxylic acids is 2. The average molecular weight is 421 g/mol. The van der Waals surface area contributed by atoms with Crippen molar-refractivity contribution in [2.24, 2.45) is 0 Å². The Morgan fingerprint density at radius 1 is 1.17 bits per heavy atom. The molecule has 2 heterocycles. The Kier molecular flexibility index (Phi) is 5.33. The van der Waals surface area contributed by atoms with E-state index in [9.17, 15) is 19.7 Å². The summed E-state index contributed by atoms with van der Waals surface area (Å²) in [5.74, 6) is -0.539. The molecular weight excluding hydrogens is 402 g/mol. The highest BCUT2D eigenvalue weighted by molar-refractivity contribution is 7.10. The lowest BCUT2D eigenvalue weighted by molar-refractivity contribution is -0.384. The first-order chi connectivity index (χ1) is 14.4. The molecule has 0 radical (unpaired) electrons. The normalized spacial score (nSPS) is 12.9. The molecule has 1 N–H and O–H groups in total. The van der Waals surface area contributed by atoms with Crippen molar-refractivity contribution in [1.82, 2.24) is 4.90 Å². The molecule has 0 atom stereocenters. The molecule has 152 valence electrons. The fourth-order valence-corrected chi connectivity index (χ4v) is 4.44. The van der Waals surface area contributed by atoms with Crippen LogP contribution in [0.1, 0.15) is 36.7 Å². The fraction of sp³-hybridized carbons (Fsp3) is 0.182. The molecular formula is C22H19N3O4S. The number of hydrogen-bond donors (Lipinski definition) is 1. The van der Waals surface area contributed by atoms with Gasteiger partial charge in [-0.25, -0.2) is 0 Å². The van der Waals surface area contributed by atoms with Crippen molar-refractivity contribution in [3.63, 3.8) is 0 Å². The minimum atomic E-state index is -0.543. The van der Waals surface area contributed by atoms with E-state index >= 15 is 0 Å². The number of fused-ring (bicyclic) bond motifs is 1. The van der Waals surface area contributed by atoms with Gasteiger partial charge in [-0.1, -0.05) is 12.1 Å². The Labute approximate surface area is 177 Å². The zero-order valence-corrected chi connectivity index (χ0v) is 17.1. The van der Waals surface area contributed by atoms with Crippen molar-refractivity contribution >= 4 is 34.5 Å². The van der Waals surface area contributed by atoms with Crippen LogP contribution in [0.25, 0.3) is 0 Å². The van der Waals surface area contributed by atoms with Crippen molar-refractivity contribution in [3.05, 3.63) is 91.2 Å². The molecule has 2 amide bonds. The highest BCUT2D eigenvalue weighted by Gasteiger charge is 2.24. The molecule has 3 aromatic rings. The van der Waals surface area contributed by atoms with Crippen LogP contribution < -0.4 is 5.32 Å². The topological polar surface area (TPSA) is 92.5 Å². The first kappa shape index (κ1) is 19.8. The van der Waals surface area contributed by atoms with Crippen molar-refractivity contribution in [3.8, 4) is 0 Å². The second kappa shape index (κ2) is 8.08. The van der Waals surface area contributed by atoms with Crippen molar-refractivity contribution in [2.45, 2.75) is 19.9 Å². The maximum Gasteiger partial charge on any atom is 0.270 e. The molecule has 0 fully saturated rings. The van der Waals surface area contributed by atoms with Gasteiger partial charge in [0.05, 0.1) is 4.92 Å². The van der Waals surface area contributed by atoms with E-state index in [1.165, 1.54) is 34.7 Å². The van der Waals surface area contributed by atoms with Crippen molar-refractivity contribution in [1.29, 1.82) is 0 Å². The van der Waals surface area contributed by atoms with Gasteiger partial charge < -0.3 is 10.2 Å². The average Bonchev–Trinajstić information content (AvgIpc) is 3.22. The zero-order valence-electron chi connectivity index (χ0n) is 16.3. The maximum absolute atomic E-state index is 13.1. The Morgan fingerprint density at radius 2 is 1.97 bits per heavy atom. The predicted octanol–water partition coefficient (Wildman–Crippen LogP) is 4.42. The molecule has 7 nitrogen and oxygen atoms in total. The van der Waals surface area contributed by atoms with Gasteiger partial charge in [0.2, 0.25) is 0 Å². The maximum atomic E-state index is 13.1. The number of nitrogens with one attached hydrogen (secondary N) is 1. The van der Waals surface area contributed by atoms with Crippen LogP contribution in [0.5, 0.6) is 0 Å². The zero-order chi connectivity index (χ0) is 21.3. The Bertz CT molecular complexity index is 1150. The minimum Gasteiger partial charge on any atom is -0.334 e. The lowest BCUT2D eigenvalue weighted by atomic mass is 10.0. The smallest absolute Gasteiger partial charge is 0.270 e. The number of carbonyl (C=O) groups is 2. The second-order valence-corrected chi connectivity index (χ2v) is 8.09. The van der Waals surface area contributed by atoms with Gasteiger partial charge >= 0.3 is 0 Å². The fourth-order valence-electron chi connectivity index (χ4n) is 3.55. The molecule has 1 aromatic heterocycles. The number of thiophene rings is 1. The van der Waals surface area contributed by atoms with Gasteiger partial charge in [0.1, 0.15) is 0 Å². The molecule has 0 unspecified atom stereocenters. The summed E-state index contributed by atoms with van der Waals surface area (Å²) in [5, 5.41) is 15.8. The van der Waals surface area contributed by atoms with Crippen LogP contribution in [0.2, 0.25) is 0 Å². The summed E-state index contributed by atoms with van der Waals surface area (Å²) in [6.45, 7) is 3.04. The summed E-state index contributed by atoms with van der Waals surface area (Å²) in [7, 11) is 0. The summed E-state index contributed by atoms with van der Waals surface area (Å²) in [6.07, 6.45) is 0.848. The molecule has 4 rings (SSSR count). The molecule has 8 heteroatoms. The first-order valence-electron chi connectivity index (χ1n) is 9.44. The molecule has 30 heavy (non-hydrogen) atoms. The van der Waals surface area contributed by atoms with Crippen molar-refractivity contribution in [2.75, 3.05) is 11.9 Å². The van der Waals surface area contributed by atoms with Gasteiger partial charge in [-0.15, -0.1) is 11.3 Å². The van der Waals surface area contributed by atoms with Gasteiger partial charge in [0.15, 0.2) is 0 Å². The van der Waals surface area contributed by atoms with Crippen LogP contribution in [0.4, 0.5) is 11.4 Å². The standard InChI is InChI=1S/C22H19N3O4S/c1-14-18(22(27)24-10-8-20-16(13-24)9-11-30-20)6-3-7-19(14)23-21(26)15-4-2-5-17(12-15)25(28)29/h2-7,9,11-12H,8,10,13H2,1H3,(H,23,26). The number of nitro benzene ring substituents is 1. The number of anilines is 1. The van der Waals surface area contributed by atoms with E-state index in [1.807, 2.05) is 10.3 Å². The van der Waals surface area contributed by atoms with Gasteiger partial charge in [-0.2, -0.15) is 0 Å². The van der Waals surface area contributed by atoms with Crippen LogP contribution in [-0.4, -0.2) is 28.2 Å². The van der Waals surface area contributed by atoms with E-state index < -0.39 is 10.8 Å². The Hall–Kier alpha value is -3.52. The number of rotatable bonds is 4. The van der Waals surface area contributed by atoms with Gasteiger partial charge in [0.25, 0.3) is 17.5 Å². The quantitative estimate of drug-likeness (QED) is 0.499. The summed E-state index contributed by atoms with van der Waals surface area (Å²) >= 11 is 1.72. The summed E-state index contributed by atoms with van der Waals surface area (Å²) in [4.78, 5) is 39.3. The molecule has 1 aliphatic heterocycles. The van der Waals surface area contributed by atoms with Gasteiger partial charge in [-0.05, 0) is 54.1 Å². The monoisotopic (exact) mass is 421 g/mol. The third-order valence-corrected chi connectivity index (χ3v) is 6.25. The number of non-ortho nitro benzene ring substituents is 1. The SMILES string of the molecule is Cc1c(NC(=O)c2cccc([N+](=O)[O-])c2)cccc1C(=O)N1CCc2sccc2C1. The van der Waals surface area contributed by atoms with Crippen LogP contribution in [0.3, 0.4) is 0 Å². The third kappa shape index (κ3) is 3.81. The van der Waals surface area contributed by atoms with E-state index in [4.69, 9.17) is 0 Å². The molecule has 0 saturated heterocycles. The lowest BCUT2D eigenvalue weighted by Crippen LogP contribution is -2.35. The van der Waals surface area contributed by atoms with E-state index in [0.29, 0.717) is 29.9 Å². The number of benzene rings is 2.